The second kappa shape index (κ2) is 4.53. The number of ether oxygens (including phenoxy) is 1. The van der Waals surface area contributed by atoms with Gasteiger partial charge in [-0.05, 0) is 18.2 Å². The summed E-state index contributed by atoms with van der Waals surface area (Å²) in [5.74, 6) is -3.37. The Labute approximate surface area is 123 Å². The lowest BCUT2D eigenvalue weighted by atomic mass is 9.97. The first-order valence-electron chi connectivity index (χ1n) is 5.89. The van der Waals surface area contributed by atoms with Crippen molar-refractivity contribution in [1.82, 2.24) is 0 Å². The van der Waals surface area contributed by atoms with Crippen molar-refractivity contribution in [3.05, 3.63) is 74.3 Å². The number of hydrogen-bond acceptors (Lipinski definition) is 4. The molecule has 0 fully saturated rings. The number of fused-ring (bicyclic) bond motifs is 1. The maximum atomic E-state index is 15.2. The number of nitro groups is 1. The fraction of sp³-hybridized carbons (Fsp3) is 0.0714. The van der Waals surface area contributed by atoms with Gasteiger partial charge in [-0.3, -0.25) is 10.1 Å². The van der Waals surface area contributed by atoms with Gasteiger partial charge in [0.1, 0.15) is 5.02 Å². The van der Waals surface area contributed by atoms with Crippen LogP contribution in [0.5, 0.6) is 0 Å². The van der Waals surface area contributed by atoms with E-state index in [1.165, 1.54) is 24.3 Å². The average Bonchev–Trinajstić information content (AvgIpc) is 2.72. The van der Waals surface area contributed by atoms with Crippen LogP contribution < -0.4 is 0 Å². The fourth-order valence-corrected chi connectivity index (χ4v) is 2.43. The monoisotopic (exact) mass is 307 g/mol. The Kier molecular flexibility index (Phi) is 2.91. The first-order chi connectivity index (χ1) is 9.93. The lowest BCUT2D eigenvalue weighted by molar-refractivity contribution is -0.384. The van der Waals surface area contributed by atoms with Gasteiger partial charge in [-0.2, -0.15) is 4.39 Å². The van der Waals surface area contributed by atoms with Crippen LogP contribution in [0.1, 0.15) is 21.5 Å². The molecule has 21 heavy (non-hydrogen) atoms. The number of cyclic esters (lactones) is 1. The highest BCUT2D eigenvalue weighted by molar-refractivity contribution is 6.32. The smallest absolute Gasteiger partial charge is 0.341 e. The predicted molar refractivity (Wildman–Crippen MR) is 71.9 cm³/mol. The first-order valence-corrected chi connectivity index (χ1v) is 6.27. The van der Waals surface area contributed by atoms with E-state index in [4.69, 9.17) is 16.3 Å². The Hall–Kier alpha value is -2.47. The average molecular weight is 308 g/mol. The van der Waals surface area contributed by atoms with Gasteiger partial charge in [-0.15, -0.1) is 0 Å². The zero-order chi connectivity index (χ0) is 15.2. The van der Waals surface area contributed by atoms with Crippen LogP contribution in [-0.2, 0) is 10.6 Å². The van der Waals surface area contributed by atoms with Gasteiger partial charge in [0.25, 0.3) is 5.69 Å². The van der Waals surface area contributed by atoms with Gasteiger partial charge in [0.15, 0.2) is 0 Å². The molecule has 1 aliphatic heterocycles. The number of carbonyl (C=O) groups is 1. The highest BCUT2D eigenvalue weighted by atomic mass is 35.5. The molecule has 0 saturated carbocycles. The van der Waals surface area contributed by atoms with E-state index in [0.29, 0.717) is 0 Å². The molecule has 7 heteroatoms. The zero-order valence-electron chi connectivity index (χ0n) is 10.4. The molecule has 5 nitrogen and oxygen atoms in total. The van der Waals surface area contributed by atoms with Crippen LogP contribution in [0.15, 0.2) is 42.5 Å². The van der Waals surface area contributed by atoms with E-state index in [2.05, 4.69) is 0 Å². The van der Waals surface area contributed by atoms with Gasteiger partial charge in [0, 0.05) is 17.2 Å². The molecule has 106 valence electrons. The molecule has 2 aromatic rings. The maximum Gasteiger partial charge on any atom is 0.341 e. The van der Waals surface area contributed by atoms with Gasteiger partial charge in [0.05, 0.1) is 10.5 Å². The van der Waals surface area contributed by atoms with Crippen molar-refractivity contribution < 1.29 is 18.8 Å². The molecule has 2 aromatic carbocycles. The molecule has 1 aliphatic rings. The number of nitro benzene ring substituents is 1. The minimum Gasteiger partial charge on any atom is -0.416 e. The van der Waals surface area contributed by atoms with E-state index in [9.17, 15) is 14.9 Å². The second-order valence-corrected chi connectivity index (χ2v) is 4.86. The van der Waals surface area contributed by atoms with Crippen LogP contribution >= 0.6 is 11.6 Å². The van der Waals surface area contributed by atoms with Crippen molar-refractivity contribution in [3.63, 3.8) is 0 Å². The third-order valence-corrected chi connectivity index (χ3v) is 3.56. The minimum absolute atomic E-state index is 0.0200. The lowest BCUT2D eigenvalue weighted by Crippen LogP contribution is -2.21. The summed E-state index contributed by atoms with van der Waals surface area (Å²) in [7, 11) is 0. The number of hydrogen-bond donors (Lipinski definition) is 0. The summed E-state index contributed by atoms with van der Waals surface area (Å²) >= 11 is 5.70. The largest absolute Gasteiger partial charge is 0.416 e. The Morgan fingerprint density at radius 1 is 1.24 bits per heavy atom. The van der Waals surface area contributed by atoms with E-state index in [0.717, 1.165) is 6.07 Å². The molecule has 1 heterocycles. The molecule has 0 radical (unpaired) electrons. The van der Waals surface area contributed by atoms with E-state index in [1.54, 1.807) is 12.1 Å². The van der Waals surface area contributed by atoms with Crippen LogP contribution in [0.4, 0.5) is 10.1 Å². The first kappa shape index (κ1) is 13.5. The maximum absolute atomic E-state index is 15.2. The Bertz CT molecular complexity index is 779. The molecule has 0 aromatic heterocycles. The molecule has 0 saturated heterocycles. The highest BCUT2D eigenvalue weighted by Crippen LogP contribution is 2.44. The molecular weight excluding hydrogens is 301 g/mol. The summed E-state index contributed by atoms with van der Waals surface area (Å²) in [6, 6.07) is 9.40. The Morgan fingerprint density at radius 2 is 1.95 bits per heavy atom. The van der Waals surface area contributed by atoms with Crippen LogP contribution in [0.2, 0.25) is 5.02 Å². The third kappa shape index (κ3) is 1.95. The Balaban J connectivity index is 2.19. The van der Waals surface area contributed by atoms with E-state index < -0.39 is 22.4 Å². The van der Waals surface area contributed by atoms with Crippen molar-refractivity contribution in [1.29, 1.82) is 0 Å². The van der Waals surface area contributed by atoms with E-state index >= 15 is 4.39 Å². The van der Waals surface area contributed by atoms with Gasteiger partial charge >= 0.3 is 11.8 Å². The summed E-state index contributed by atoms with van der Waals surface area (Å²) in [6.07, 6.45) is 0. The molecule has 0 bridgehead atoms. The molecule has 0 N–H and O–H groups in total. The summed E-state index contributed by atoms with van der Waals surface area (Å²) < 4.78 is 20.0. The van der Waals surface area contributed by atoms with Crippen LogP contribution in [0, 0.1) is 10.1 Å². The summed E-state index contributed by atoms with van der Waals surface area (Å²) in [5, 5.41) is 10.8. The number of rotatable bonds is 2. The van der Waals surface area contributed by atoms with Crippen molar-refractivity contribution >= 4 is 23.3 Å². The van der Waals surface area contributed by atoms with Gasteiger partial charge in [0.2, 0.25) is 0 Å². The molecule has 0 amide bonds. The van der Waals surface area contributed by atoms with E-state index in [-0.39, 0.29) is 21.7 Å². The summed E-state index contributed by atoms with van der Waals surface area (Å²) in [6.45, 7) is 0. The highest BCUT2D eigenvalue weighted by Gasteiger charge is 2.48. The summed E-state index contributed by atoms with van der Waals surface area (Å²) in [4.78, 5) is 21.9. The molecular formula is C14H7ClFNO4. The number of alkyl halides is 1. The van der Waals surface area contributed by atoms with Gasteiger partial charge < -0.3 is 4.74 Å². The number of esters is 1. The number of benzene rings is 2. The summed E-state index contributed by atoms with van der Waals surface area (Å²) in [5.41, 5.74) is -0.493. The van der Waals surface area contributed by atoms with Crippen molar-refractivity contribution in [2.45, 2.75) is 5.85 Å². The van der Waals surface area contributed by atoms with Gasteiger partial charge in [-0.25, -0.2) is 4.79 Å². The van der Waals surface area contributed by atoms with Crippen molar-refractivity contribution in [2.24, 2.45) is 0 Å². The van der Waals surface area contributed by atoms with Gasteiger partial charge in [-0.1, -0.05) is 29.8 Å². The van der Waals surface area contributed by atoms with Crippen LogP contribution in [0.3, 0.4) is 0 Å². The molecule has 0 spiro atoms. The number of carbonyl (C=O) groups excluding carboxylic acids is 1. The van der Waals surface area contributed by atoms with Crippen LogP contribution in [-0.4, -0.2) is 10.9 Å². The molecule has 1 unspecified atom stereocenters. The predicted octanol–water partition coefficient (Wildman–Crippen LogP) is 3.59. The minimum atomic E-state index is -2.55. The Morgan fingerprint density at radius 3 is 2.67 bits per heavy atom. The van der Waals surface area contributed by atoms with Crippen molar-refractivity contribution in [3.8, 4) is 0 Å². The normalized spacial score (nSPS) is 20.0. The topological polar surface area (TPSA) is 69.4 Å². The zero-order valence-corrected chi connectivity index (χ0v) is 11.1. The molecule has 3 rings (SSSR count). The molecule has 0 aliphatic carbocycles. The van der Waals surface area contributed by atoms with E-state index in [1.807, 2.05) is 0 Å². The standard InChI is InChI=1S/C14H7ClFNO4/c15-11-6-5-8(7-12(11)17(19)20)14(16)10-4-2-1-3-9(10)13(18)21-14/h1-7H. The quantitative estimate of drug-likeness (QED) is 0.483. The number of halogens is 2. The van der Waals surface area contributed by atoms with Crippen LogP contribution in [0.25, 0.3) is 0 Å². The lowest BCUT2D eigenvalue weighted by Gasteiger charge is -2.19. The SMILES string of the molecule is O=C1OC(F)(c2ccc(Cl)c([N+](=O)[O-])c2)c2ccccc21. The fourth-order valence-electron chi connectivity index (χ4n) is 2.25. The third-order valence-electron chi connectivity index (χ3n) is 3.24. The molecule has 1 atom stereocenters. The van der Waals surface area contributed by atoms with Crippen molar-refractivity contribution in [2.75, 3.05) is 0 Å². The second-order valence-electron chi connectivity index (χ2n) is 4.45. The number of nitrogens with zero attached hydrogens (tertiary/aromatic N) is 1.